The van der Waals surface area contributed by atoms with Crippen molar-refractivity contribution in [1.29, 1.82) is 0 Å². The second kappa shape index (κ2) is 6.28. The van der Waals surface area contributed by atoms with Crippen molar-refractivity contribution in [2.24, 2.45) is 0 Å². The summed E-state index contributed by atoms with van der Waals surface area (Å²) in [4.78, 5) is 0.0380. The Morgan fingerprint density at radius 2 is 2.05 bits per heavy atom. The van der Waals surface area contributed by atoms with Gasteiger partial charge >= 0.3 is 0 Å². The van der Waals surface area contributed by atoms with E-state index in [1.54, 1.807) is 0 Å². The van der Waals surface area contributed by atoms with Crippen molar-refractivity contribution in [2.75, 3.05) is 13.1 Å². The van der Waals surface area contributed by atoms with E-state index in [0.29, 0.717) is 16.0 Å². The van der Waals surface area contributed by atoms with Crippen LogP contribution < -0.4 is 10.0 Å². The topological polar surface area (TPSA) is 58.2 Å². The quantitative estimate of drug-likeness (QED) is 0.784. The van der Waals surface area contributed by atoms with E-state index in [1.807, 2.05) is 0 Å². The zero-order chi connectivity index (χ0) is 14.0. The minimum atomic E-state index is -3.64. The van der Waals surface area contributed by atoms with E-state index in [9.17, 15) is 8.42 Å². The standard InChI is InChI=1S/C11H13BrCl2N2O2S/c12-8-4-11(10(14)5-9(8)13)19(17,18)16-7-2-1-3-15-6-7/h4-5,7,15-16H,1-3,6H2. The average molecular weight is 388 g/mol. The van der Waals surface area contributed by atoms with Gasteiger partial charge in [0.25, 0.3) is 0 Å². The summed E-state index contributed by atoms with van der Waals surface area (Å²) in [6.45, 7) is 1.55. The fraction of sp³-hybridized carbons (Fsp3) is 0.455. The molecule has 0 radical (unpaired) electrons. The zero-order valence-electron chi connectivity index (χ0n) is 9.92. The lowest BCUT2D eigenvalue weighted by Gasteiger charge is -2.23. The third-order valence-corrected chi connectivity index (χ3v) is 6.07. The summed E-state index contributed by atoms with van der Waals surface area (Å²) < 4.78 is 27.8. The molecule has 1 fully saturated rings. The zero-order valence-corrected chi connectivity index (χ0v) is 13.8. The van der Waals surface area contributed by atoms with E-state index in [-0.39, 0.29) is 16.0 Å². The second-order valence-electron chi connectivity index (χ2n) is 4.36. The molecule has 1 atom stereocenters. The van der Waals surface area contributed by atoms with Crippen LogP contribution in [0, 0.1) is 0 Å². The number of halogens is 3. The van der Waals surface area contributed by atoms with Crippen LogP contribution in [0.1, 0.15) is 12.8 Å². The van der Waals surface area contributed by atoms with Crippen LogP contribution in [0.25, 0.3) is 0 Å². The van der Waals surface area contributed by atoms with Gasteiger partial charge in [-0.25, -0.2) is 13.1 Å². The van der Waals surface area contributed by atoms with Crippen LogP contribution in [0.2, 0.25) is 10.0 Å². The van der Waals surface area contributed by atoms with Crippen LogP contribution in [0.4, 0.5) is 0 Å². The van der Waals surface area contributed by atoms with Crippen molar-refractivity contribution >= 4 is 49.2 Å². The first-order valence-electron chi connectivity index (χ1n) is 5.78. The molecule has 0 bridgehead atoms. The van der Waals surface area contributed by atoms with Crippen LogP contribution in [0.3, 0.4) is 0 Å². The van der Waals surface area contributed by atoms with Gasteiger partial charge in [-0.3, -0.25) is 0 Å². The number of sulfonamides is 1. The monoisotopic (exact) mass is 386 g/mol. The Labute approximate surface area is 131 Å². The van der Waals surface area contributed by atoms with Crippen molar-refractivity contribution in [2.45, 2.75) is 23.8 Å². The summed E-state index contributed by atoms with van der Waals surface area (Å²) in [5.74, 6) is 0. The van der Waals surface area contributed by atoms with E-state index in [4.69, 9.17) is 23.2 Å². The number of nitrogens with one attached hydrogen (secondary N) is 2. The molecular weight excluding hydrogens is 375 g/mol. The highest BCUT2D eigenvalue weighted by atomic mass is 79.9. The van der Waals surface area contributed by atoms with Gasteiger partial charge in [-0.2, -0.15) is 0 Å². The van der Waals surface area contributed by atoms with E-state index >= 15 is 0 Å². The van der Waals surface area contributed by atoms with Crippen LogP contribution in [-0.2, 0) is 10.0 Å². The van der Waals surface area contributed by atoms with Gasteiger partial charge < -0.3 is 5.32 Å². The smallest absolute Gasteiger partial charge is 0.242 e. The maximum atomic E-state index is 12.3. The van der Waals surface area contributed by atoms with Crippen LogP contribution in [0.15, 0.2) is 21.5 Å². The molecule has 1 heterocycles. The van der Waals surface area contributed by atoms with Crippen LogP contribution >= 0.6 is 39.1 Å². The third-order valence-electron chi connectivity index (χ3n) is 2.88. The van der Waals surface area contributed by atoms with Crippen LogP contribution in [-0.4, -0.2) is 27.5 Å². The molecule has 2 rings (SSSR count). The number of hydrogen-bond donors (Lipinski definition) is 2. The Morgan fingerprint density at radius 1 is 1.32 bits per heavy atom. The average Bonchev–Trinajstić information content (AvgIpc) is 2.34. The van der Waals surface area contributed by atoms with Gasteiger partial charge in [-0.05, 0) is 47.4 Å². The van der Waals surface area contributed by atoms with Crippen molar-refractivity contribution in [3.8, 4) is 0 Å². The van der Waals surface area contributed by atoms with Gasteiger partial charge in [0, 0.05) is 17.1 Å². The summed E-state index contributed by atoms with van der Waals surface area (Å²) in [5, 5.41) is 3.65. The predicted octanol–water partition coefficient (Wildman–Crippen LogP) is 2.79. The molecule has 19 heavy (non-hydrogen) atoms. The summed E-state index contributed by atoms with van der Waals surface area (Å²) in [6.07, 6.45) is 1.77. The summed E-state index contributed by atoms with van der Waals surface area (Å²) in [5.41, 5.74) is 0. The Kier molecular flexibility index (Phi) is 5.14. The molecule has 1 aliphatic heterocycles. The minimum Gasteiger partial charge on any atom is -0.315 e. The molecule has 8 heteroatoms. The molecule has 106 valence electrons. The van der Waals surface area contributed by atoms with Gasteiger partial charge in [0.05, 0.1) is 10.0 Å². The Hall–Kier alpha value is 0.150. The van der Waals surface area contributed by atoms with Gasteiger partial charge in [0.15, 0.2) is 0 Å². The molecule has 1 unspecified atom stereocenters. The number of benzene rings is 1. The van der Waals surface area contributed by atoms with Crippen LogP contribution in [0.5, 0.6) is 0 Å². The lowest BCUT2D eigenvalue weighted by Crippen LogP contribution is -2.45. The van der Waals surface area contributed by atoms with E-state index in [0.717, 1.165) is 19.4 Å². The Bertz CT molecular complexity index is 574. The first kappa shape index (κ1) is 15.5. The molecule has 0 aromatic heterocycles. The van der Waals surface area contributed by atoms with Crippen molar-refractivity contribution in [1.82, 2.24) is 10.0 Å². The summed E-state index contributed by atoms with van der Waals surface area (Å²) in [7, 11) is -3.64. The minimum absolute atomic E-state index is 0.0380. The predicted molar refractivity (Wildman–Crippen MR) is 80.4 cm³/mol. The van der Waals surface area contributed by atoms with Gasteiger partial charge in [-0.15, -0.1) is 0 Å². The molecule has 1 saturated heterocycles. The maximum absolute atomic E-state index is 12.3. The summed E-state index contributed by atoms with van der Waals surface area (Å²) in [6, 6.07) is 2.73. The lowest BCUT2D eigenvalue weighted by atomic mass is 10.1. The Morgan fingerprint density at radius 3 is 2.68 bits per heavy atom. The highest BCUT2D eigenvalue weighted by Gasteiger charge is 2.24. The van der Waals surface area contributed by atoms with Crippen molar-refractivity contribution in [3.05, 3.63) is 26.7 Å². The first-order chi connectivity index (χ1) is 8.90. The molecular formula is C11H13BrCl2N2O2S. The molecule has 1 aromatic carbocycles. The Balaban J connectivity index is 2.26. The van der Waals surface area contributed by atoms with Gasteiger partial charge in [0.1, 0.15) is 4.90 Å². The highest BCUT2D eigenvalue weighted by Crippen LogP contribution is 2.31. The van der Waals surface area contributed by atoms with E-state index in [1.165, 1.54) is 12.1 Å². The molecule has 0 spiro atoms. The number of piperidine rings is 1. The lowest BCUT2D eigenvalue weighted by molar-refractivity contribution is 0.428. The molecule has 0 amide bonds. The number of hydrogen-bond acceptors (Lipinski definition) is 3. The second-order valence-corrected chi connectivity index (χ2v) is 7.71. The summed E-state index contributed by atoms with van der Waals surface area (Å²) >= 11 is 15.0. The largest absolute Gasteiger partial charge is 0.315 e. The molecule has 2 N–H and O–H groups in total. The van der Waals surface area contributed by atoms with Crippen molar-refractivity contribution < 1.29 is 8.42 Å². The molecule has 1 aromatic rings. The normalized spacial score (nSPS) is 20.5. The fourth-order valence-corrected chi connectivity index (χ4v) is 4.48. The highest BCUT2D eigenvalue weighted by molar-refractivity contribution is 9.10. The fourth-order valence-electron chi connectivity index (χ4n) is 1.95. The molecule has 0 saturated carbocycles. The number of rotatable bonds is 3. The SMILES string of the molecule is O=S(=O)(NC1CCCNC1)c1cc(Br)c(Cl)cc1Cl. The molecule has 4 nitrogen and oxygen atoms in total. The molecule has 1 aliphatic rings. The first-order valence-corrected chi connectivity index (χ1v) is 8.81. The third kappa shape index (κ3) is 3.83. The van der Waals surface area contributed by atoms with E-state index in [2.05, 4.69) is 26.0 Å². The van der Waals surface area contributed by atoms with Crippen molar-refractivity contribution in [3.63, 3.8) is 0 Å². The van der Waals surface area contributed by atoms with Gasteiger partial charge in [0.2, 0.25) is 10.0 Å². The molecule has 0 aliphatic carbocycles. The maximum Gasteiger partial charge on any atom is 0.242 e. The van der Waals surface area contributed by atoms with E-state index < -0.39 is 10.0 Å². The van der Waals surface area contributed by atoms with Gasteiger partial charge in [-0.1, -0.05) is 23.2 Å².